The summed E-state index contributed by atoms with van der Waals surface area (Å²) in [5, 5.41) is 6.46. The second kappa shape index (κ2) is 8.06. The number of allylic oxidation sites excluding steroid dienone is 2. The molecule has 1 saturated carbocycles. The van der Waals surface area contributed by atoms with Gasteiger partial charge in [0.15, 0.2) is 5.96 Å². The number of nitrogens with one attached hydrogen (secondary N) is 2. The Morgan fingerprint density at radius 1 is 1.22 bits per heavy atom. The molecule has 2 aliphatic heterocycles. The van der Waals surface area contributed by atoms with Gasteiger partial charge in [0.05, 0.1) is 31.6 Å². The zero-order valence-corrected chi connectivity index (χ0v) is 18.3. The molecular weight excluding hydrogens is 459 g/mol. The Hall–Kier alpha value is -1.16. The molecule has 0 aromatic carbocycles. The molecule has 4 rings (SSSR count). The Balaban J connectivity index is 0.00000210. The van der Waals surface area contributed by atoms with Crippen LogP contribution in [0.15, 0.2) is 17.1 Å². The van der Waals surface area contributed by atoms with Gasteiger partial charge in [-0.15, -0.1) is 24.0 Å². The third-order valence-electron chi connectivity index (χ3n) is 6.05. The van der Waals surface area contributed by atoms with Gasteiger partial charge in [0.2, 0.25) is 11.8 Å². The highest BCUT2D eigenvalue weighted by atomic mass is 127. The number of likely N-dealkylation sites (tertiary alicyclic amines) is 1. The van der Waals surface area contributed by atoms with Crippen LogP contribution in [0.4, 0.5) is 0 Å². The Morgan fingerprint density at radius 3 is 2.37 bits per heavy atom. The minimum absolute atomic E-state index is 0. The minimum Gasteiger partial charge on any atom is -0.380 e. The lowest BCUT2D eigenvalue weighted by molar-refractivity contribution is -0.140. The maximum Gasteiger partial charge on any atom is 0.233 e. The predicted molar refractivity (Wildman–Crippen MR) is 113 cm³/mol. The molecular formula is C19H29IN4O3. The first-order valence-corrected chi connectivity index (χ1v) is 9.66. The smallest absolute Gasteiger partial charge is 0.233 e. The van der Waals surface area contributed by atoms with Crippen molar-refractivity contribution in [3.05, 3.63) is 12.2 Å². The summed E-state index contributed by atoms with van der Waals surface area (Å²) < 4.78 is 5.26. The van der Waals surface area contributed by atoms with Crippen LogP contribution in [0.5, 0.6) is 0 Å². The van der Waals surface area contributed by atoms with E-state index in [0.717, 1.165) is 32.1 Å². The third-order valence-corrected chi connectivity index (χ3v) is 6.05. The van der Waals surface area contributed by atoms with Crippen molar-refractivity contribution in [2.45, 2.75) is 20.3 Å². The summed E-state index contributed by atoms with van der Waals surface area (Å²) in [6.07, 6.45) is 5.22. The van der Waals surface area contributed by atoms with Crippen LogP contribution < -0.4 is 10.6 Å². The molecule has 4 unspecified atom stereocenters. The van der Waals surface area contributed by atoms with E-state index in [1.807, 2.05) is 6.92 Å². The zero-order chi connectivity index (χ0) is 18.3. The SMILES string of the molecule is CCNC(=NCC1(C)COC1)NCCN1C(=O)C2C3C=CC(C3)C2C1=O.I. The molecule has 150 valence electrons. The summed E-state index contributed by atoms with van der Waals surface area (Å²) in [6, 6.07) is 0. The van der Waals surface area contributed by atoms with Crippen LogP contribution in [0.3, 0.4) is 0 Å². The fraction of sp³-hybridized carbons (Fsp3) is 0.737. The van der Waals surface area contributed by atoms with Crippen LogP contribution >= 0.6 is 24.0 Å². The largest absolute Gasteiger partial charge is 0.380 e. The van der Waals surface area contributed by atoms with E-state index in [1.165, 1.54) is 4.90 Å². The second-order valence-corrected chi connectivity index (χ2v) is 8.25. The first-order valence-electron chi connectivity index (χ1n) is 9.66. The lowest BCUT2D eigenvalue weighted by Gasteiger charge is -2.36. The lowest BCUT2D eigenvalue weighted by Crippen LogP contribution is -2.46. The number of aliphatic imine (C=N–C) groups is 1. The molecule has 4 atom stereocenters. The molecule has 0 aromatic heterocycles. The summed E-state index contributed by atoms with van der Waals surface area (Å²) in [5.41, 5.74) is 0.118. The van der Waals surface area contributed by atoms with Gasteiger partial charge in [-0.2, -0.15) is 0 Å². The molecule has 2 aliphatic carbocycles. The molecule has 0 radical (unpaired) electrons. The number of fused-ring (bicyclic) bond motifs is 5. The van der Waals surface area contributed by atoms with Gasteiger partial charge in [0.1, 0.15) is 0 Å². The Labute approximate surface area is 177 Å². The van der Waals surface area contributed by atoms with E-state index in [1.54, 1.807) is 0 Å². The number of guanidine groups is 1. The fourth-order valence-corrected chi connectivity index (χ4v) is 4.62. The average molecular weight is 488 g/mol. The molecule has 2 N–H and O–H groups in total. The van der Waals surface area contributed by atoms with Crippen LogP contribution in [0.25, 0.3) is 0 Å². The van der Waals surface area contributed by atoms with E-state index in [2.05, 4.69) is 34.7 Å². The number of carbonyl (C=O) groups is 2. The van der Waals surface area contributed by atoms with Gasteiger partial charge in [0, 0.05) is 25.0 Å². The van der Waals surface area contributed by atoms with Crippen LogP contribution in [0, 0.1) is 29.1 Å². The van der Waals surface area contributed by atoms with Crippen molar-refractivity contribution in [2.75, 3.05) is 39.4 Å². The molecule has 8 heteroatoms. The van der Waals surface area contributed by atoms with Crippen molar-refractivity contribution in [3.8, 4) is 0 Å². The fourth-order valence-electron chi connectivity index (χ4n) is 4.62. The Bertz CT molecular complexity index is 631. The number of ether oxygens (including phenoxy) is 1. The van der Waals surface area contributed by atoms with E-state index >= 15 is 0 Å². The minimum atomic E-state index is -0.113. The summed E-state index contributed by atoms with van der Waals surface area (Å²) in [6.45, 7) is 8.03. The highest BCUT2D eigenvalue weighted by Crippen LogP contribution is 2.52. The van der Waals surface area contributed by atoms with E-state index in [-0.39, 0.29) is 64.9 Å². The highest BCUT2D eigenvalue weighted by molar-refractivity contribution is 14.0. The molecule has 7 nitrogen and oxygen atoms in total. The molecule has 2 amide bonds. The topological polar surface area (TPSA) is 83.0 Å². The van der Waals surface area contributed by atoms with E-state index < -0.39 is 0 Å². The first-order chi connectivity index (χ1) is 12.5. The molecule has 2 bridgehead atoms. The Kier molecular flexibility index (Phi) is 6.14. The number of rotatable bonds is 6. The standard InChI is InChI=1S/C19H28N4O3.HI/c1-3-20-18(22-9-19(2)10-26-11-19)21-6-7-23-16(24)14-12-4-5-13(8-12)15(14)17(23)25;/h4-5,12-15H,3,6-11H2,1-2H3,(H2,20,21,22);1H. The van der Waals surface area contributed by atoms with Crippen molar-refractivity contribution in [1.29, 1.82) is 0 Å². The summed E-state index contributed by atoms with van der Waals surface area (Å²) >= 11 is 0. The second-order valence-electron chi connectivity index (χ2n) is 8.25. The van der Waals surface area contributed by atoms with Crippen LogP contribution in [0.1, 0.15) is 20.3 Å². The monoisotopic (exact) mass is 488 g/mol. The number of halogens is 1. The predicted octanol–water partition coefficient (Wildman–Crippen LogP) is 1.00. The van der Waals surface area contributed by atoms with E-state index in [9.17, 15) is 9.59 Å². The molecule has 4 aliphatic rings. The van der Waals surface area contributed by atoms with Crippen LogP contribution in [-0.4, -0.2) is 62.1 Å². The summed E-state index contributed by atoms with van der Waals surface area (Å²) in [4.78, 5) is 31.4. The maximum atomic E-state index is 12.7. The van der Waals surface area contributed by atoms with Crippen molar-refractivity contribution in [3.63, 3.8) is 0 Å². The van der Waals surface area contributed by atoms with Gasteiger partial charge in [-0.3, -0.25) is 19.5 Å². The number of nitrogens with zero attached hydrogens (tertiary/aromatic N) is 2. The van der Waals surface area contributed by atoms with Crippen molar-refractivity contribution >= 4 is 41.8 Å². The quantitative estimate of drug-likeness (QED) is 0.192. The maximum absolute atomic E-state index is 12.7. The normalized spacial score (nSPS) is 33.0. The number of imide groups is 1. The van der Waals surface area contributed by atoms with Gasteiger partial charge >= 0.3 is 0 Å². The van der Waals surface area contributed by atoms with Crippen molar-refractivity contribution in [1.82, 2.24) is 15.5 Å². The highest BCUT2D eigenvalue weighted by Gasteiger charge is 2.58. The van der Waals surface area contributed by atoms with E-state index in [4.69, 9.17) is 4.74 Å². The molecule has 3 fully saturated rings. The van der Waals surface area contributed by atoms with Gasteiger partial charge in [-0.05, 0) is 25.2 Å². The summed E-state index contributed by atoms with van der Waals surface area (Å²) in [5.74, 6) is 1.06. The number of carbonyl (C=O) groups excluding carboxylic acids is 2. The van der Waals surface area contributed by atoms with Crippen molar-refractivity contribution < 1.29 is 14.3 Å². The molecule has 0 spiro atoms. The third kappa shape index (κ3) is 3.74. The Morgan fingerprint density at radius 2 is 1.85 bits per heavy atom. The van der Waals surface area contributed by atoms with Gasteiger partial charge in [-0.25, -0.2) is 0 Å². The van der Waals surface area contributed by atoms with Gasteiger partial charge < -0.3 is 15.4 Å². The molecule has 2 heterocycles. The number of hydrogen-bond acceptors (Lipinski definition) is 4. The van der Waals surface area contributed by atoms with E-state index in [0.29, 0.717) is 19.6 Å². The molecule has 0 aromatic rings. The average Bonchev–Trinajstić information content (AvgIpc) is 3.27. The van der Waals surface area contributed by atoms with Crippen molar-refractivity contribution in [2.24, 2.45) is 34.1 Å². The van der Waals surface area contributed by atoms with Crippen LogP contribution in [0.2, 0.25) is 0 Å². The zero-order valence-electron chi connectivity index (χ0n) is 15.9. The van der Waals surface area contributed by atoms with Gasteiger partial charge in [0.25, 0.3) is 0 Å². The number of hydrogen-bond donors (Lipinski definition) is 2. The molecule has 27 heavy (non-hydrogen) atoms. The van der Waals surface area contributed by atoms with Gasteiger partial charge in [-0.1, -0.05) is 19.1 Å². The first kappa shape index (κ1) is 20.6. The van der Waals surface area contributed by atoms with Crippen LogP contribution in [-0.2, 0) is 14.3 Å². The summed E-state index contributed by atoms with van der Waals surface area (Å²) in [7, 11) is 0. The number of amides is 2. The lowest BCUT2D eigenvalue weighted by atomic mass is 9.85. The molecule has 2 saturated heterocycles.